The molecular formula is C16H12Si. The van der Waals surface area contributed by atoms with Crippen molar-refractivity contribution in [3.05, 3.63) is 71.1 Å². The summed E-state index contributed by atoms with van der Waals surface area (Å²) in [5.41, 5.74) is 7.72. The third kappa shape index (κ3) is 1.07. The standard InChI is InChI=1S/C16H12Si/c1-3-7-15-13(5-1)9-11-17(15)12-10-14-6-2-4-8-16(14)17/h1-12H. The van der Waals surface area contributed by atoms with Crippen molar-refractivity contribution in [1.29, 1.82) is 0 Å². The van der Waals surface area contributed by atoms with E-state index in [1.807, 2.05) is 0 Å². The molecule has 0 nitrogen and oxygen atoms in total. The Balaban J connectivity index is 2.05. The zero-order valence-corrected chi connectivity index (χ0v) is 10.4. The Morgan fingerprint density at radius 3 is 1.59 bits per heavy atom. The molecule has 1 heteroatoms. The van der Waals surface area contributed by atoms with E-state index < -0.39 is 8.07 Å². The van der Waals surface area contributed by atoms with Crippen LogP contribution in [0.5, 0.6) is 0 Å². The second-order valence-corrected chi connectivity index (χ2v) is 8.19. The lowest BCUT2D eigenvalue weighted by Crippen LogP contribution is -2.53. The van der Waals surface area contributed by atoms with E-state index in [0.717, 1.165) is 0 Å². The molecule has 2 heterocycles. The minimum Gasteiger partial charge on any atom is -0.0816 e. The van der Waals surface area contributed by atoms with Crippen molar-refractivity contribution in [2.45, 2.75) is 0 Å². The zero-order chi connectivity index (χ0) is 11.3. The summed E-state index contributed by atoms with van der Waals surface area (Å²) in [4.78, 5) is 0. The lowest BCUT2D eigenvalue weighted by atomic mass is 10.2. The van der Waals surface area contributed by atoms with Crippen LogP contribution in [0.15, 0.2) is 59.9 Å². The Morgan fingerprint density at radius 1 is 0.588 bits per heavy atom. The van der Waals surface area contributed by atoms with Crippen LogP contribution in [0.4, 0.5) is 0 Å². The van der Waals surface area contributed by atoms with Crippen LogP contribution in [0.3, 0.4) is 0 Å². The Bertz CT molecular complexity index is 605. The highest BCUT2D eigenvalue weighted by Crippen LogP contribution is 2.26. The van der Waals surface area contributed by atoms with Gasteiger partial charge in [0.05, 0.1) is 0 Å². The molecule has 2 aliphatic heterocycles. The molecule has 0 amide bonds. The molecule has 0 radical (unpaired) electrons. The van der Waals surface area contributed by atoms with Gasteiger partial charge in [-0.3, -0.25) is 0 Å². The first-order valence-corrected chi connectivity index (χ1v) is 8.13. The van der Waals surface area contributed by atoms with Gasteiger partial charge in [-0.2, -0.15) is 0 Å². The summed E-state index contributed by atoms with van der Waals surface area (Å²) in [7, 11) is -1.67. The van der Waals surface area contributed by atoms with Crippen LogP contribution in [0, 0.1) is 0 Å². The average Bonchev–Trinajstić information content (AvgIpc) is 2.95. The monoisotopic (exact) mass is 232 g/mol. The third-order valence-electron chi connectivity index (χ3n) is 3.86. The molecule has 0 bridgehead atoms. The molecule has 4 rings (SSSR count). The van der Waals surface area contributed by atoms with Crippen molar-refractivity contribution in [2.75, 3.05) is 0 Å². The number of rotatable bonds is 0. The number of hydrogen-bond acceptors (Lipinski definition) is 0. The molecular weight excluding hydrogens is 220 g/mol. The maximum absolute atomic E-state index is 2.46. The van der Waals surface area contributed by atoms with Crippen LogP contribution in [0.1, 0.15) is 11.1 Å². The molecule has 0 saturated carbocycles. The average molecular weight is 232 g/mol. The van der Waals surface area contributed by atoms with Crippen molar-refractivity contribution in [3.8, 4) is 0 Å². The fourth-order valence-electron chi connectivity index (χ4n) is 3.04. The highest BCUT2D eigenvalue weighted by molar-refractivity contribution is 7.12. The molecule has 1 spiro atoms. The van der Waals surface area contributed by atoms with Crippen LogP contribution in [0.25, 0.3) is 12.2 Å². The molecule has 2 aliphatic rings. The van der Waals surface area contributed by atoms with Crippen LogP contribution in [-0.2, 0) is 0 Å². The molecule has 0 N–H and O–H groups in total. The van der Waals surface area contributed by atoms with Gasteiger partial charge in [0.25, 0.3) is 0 Å². The number of hydrogen-bond donors (Lipinski definition) is 0. The maximum atomic E-state index is 2.46. The summed E-state index contributed by atoms with van der Waals surface area (Å²) in [6, 6.07) is 17.6. The van der Waals surface area contributed by atoms with Gasteiger partial charge in [-0.25, -0.2) is 0 Å². The predicted molar refractivity (Wildman–Crippen MR) is 76.0 cm³/mol. The molecule has 0 atom stereocenters. The van der Waals surface area contributed by atoms with Gasteiger partial charge in [0.15, 0.2) is 8.07 Å². The van der Waals surface area contributed by atoms with Crippen molar-refractivity contribution in [2.24, 2.45) is 0 Å². The zero-order valence-electron chi connectivity index (χ0n) is 9.43. The predicted octanol–water partition coefficient (Wildman–Crippen LogP) is 2.38. The van der Waals surface area contributed by atoms with Crippen LogP contribution < -0.4 is 10.4 Å². The van der Waals surface area contributed by atoms with Crippen LogP contribution in [-0.4, -0.2) is 8.07 Å². The maximum Gasteiger partial charge on any atom is 0.166 e. The van der Waals surface area contributed by atoms with E-state index in [0.29, 0.717) is 0 Å². The van der Waals surface area contributed by atoms with Crippen molar-refractivity contribution >= 4 is 30.6 Å². The normalized spacial score (nSPS) is 17.4. The van der Waals surface area contributed by atoms with Crippen molar-refractivity contribution < 1.29 is 0 Å². The van der Waals surface area contributed by atoms with E-state index >= 15 is 0 Å². The molecule has 2 aromatic carbocycles. The summed E-state index contributed by atoms with van der Waals surface area (Å²) in [6.45, 7) is 0. The molecule has 2 aromatic rings. The van der Waals surface area contributed by atoms with Crippen LogP contribution in [0.2, 0.25) is 0 Å². The molecule has 0 unspecified atom stereocenters. The fourth-order valence-corrected chi connectivity index (χ4v) is 7.08. The first-order valence-electron chi connectivity index (χ1n) is 5.98. The number of benzene rings is 2. The van der Waals surface area contributed by atoms with Crippen molar-refractivity contribution in [1.82, 2.24) is 0 Å². The fraction of sp³-hybridized carbons (Fsp3) is 0. The van der Waals surface area contributed by atoms with E-state index in [1.54, 1.807) is 10.4 Å². The molecule has 0 aliphatic carbocycles. The quantitative estimate of drug-likeness (QED) is 0.612. The summed E-state index contributed by atoms with van der Waals surface area (Å²) >= 11 is 0. The SMILES string of the molecule is C1=C[Si]2(C=Cc3ccccc32)c2ccccc21. The van der Waals surface area contributed by atoms with Crippen molar-refractivity contribution in [3.63, 3.8) is 0 Å². The van der Waals surface area contributed by atoms with E-state index in [-0.39, 0.29) is 0 Å². The van der Waals surface area contributed by atoms with Crippen LogP contribution >= 0.6 is 0 Å². The topological polar surface area (TPSA) is 0 Å². The largest absolute Gasteiger partial charge is 0.166 e. The minimum atomic E-state index is -1.67. The van der Waals surface area contributed by atoms with Gasteiger partial charge in [-0.05, 0) is 21.5 Å². The van der Waals surface area contributed by atoms with E-state index in [9.17, 15) is 0 Å². The Kier molecular flexibility index (Phi) is 1.67. The van der Waals surface area contributed by atoms with Gasteiger partial charge < -0.3 is 0 Å². The Morgan fingerprint density at radius 2 is 1.06 bits per heavy atom. The highest BCUT2D eigenvalue weighted by atomic mass is 28.3. The van der Waals surface area contributed by atoms with E-state index in [4.69, 9.17) is 0 Å². The lowest BCUT2D eigenvalue weighted by Gasteiger charge is -2.21. The second kappa shape index (κ2) is 3.08. The summed E-state index contributed by atoms with van der Waals surface area (Å²) < 4.78 is 0. The Hall–Kier alpha value is -1.86. The summed E-state index contributed by atoms with van der Waals surface area (Å²) in [5, 5.41) is 3.09. The molecule has 80 valence electrons. The van der Waals surface area contributed by atoms with Gasteiger partial charge in [-0.1, -0.05) is 72.1 Å². The molecule has 0 saturated heterocycles. The van der Waals surface area contributed by atoms with E-state index in [1.165, 1.54) is 11.1 Å². The van der Waals surface area contributed by atoms with Gasteiger partial charge in [0, 0.05) is 0 Å². The second-order valence-electron chi connectivity index (χ2n) is 4.71. The first-order chi connectivity index (χ1) is 8.40. The molecule has 0 fully saturated rings. The number of fused-ring (bicyclic) bond motifs is 4. The minimum absolute atomic E-state index is 1.40. The molecule has 17 heavy (non-hydrogen) atoms. The summed E-state index contributed by atoms with van der Waals surface area (Å²) in [6.07, 6.45) is 4.60. The van der Waals surface area contributed by atoms with Gasteiger partial charge in [0.2, 0.25) is 0 Å². The van der Waals surface area contributed by atoms with Gasteiger partial charge in [-0.15, -0.1) is 0 Å². The van der Waals surface area contributed by atoms with Gasteiger partial charge >= 0.3 is 0 Å². The third-order valence-corrected chi connectivity index (χ3v) is 7.94. The molecule has 0 aromatic heterocycles. The Labute approximate surface area is 102 Å². The summed E-state index contributed by atoms with van der Waals surface area (Å²) in [5.74, 6) is 0. The van der Waals surface area contributed by atoms with Gasteiger partial charge in [0.1, 0.15) is 0 Å². The first kappa shape index (κ1) is 9.20. The lowest BCUT2D eigenvalue weighted by molar-refractivity contribution is 1.70. The smallest absolute Gasteiger partial charge is 0.0816 e. The highest BCUT2D eigenvalue weighted by Gasteiger charge is 2.40. The van der Waals surface area contributed by atoms with E-state index in [2.05, 4.69) is 72.1 Å².